The van der Waals surface area contributed by atoms with Crippen molar-refractivity contribution in [3.63, 3.8) is 0 Å². The zero-order chi connectivity index (χ0) is 9.31. The van der Waals surface area contributed by atoms with Crippen LogP contribution in [0, 0.1) is 0 Å². The fourth-order valence-corrected chi connectivity index (χ4v) is 2.35. The van der Waals surface area contributed by atoms with E-state index in [1.54, 1.807) is 19.1 Å². The van der Waals surface area contributed by atoms with Crippen LogP contribution in [0.5, 0.6) is 11.5 Å². The van der Waals surface area contributed by atoms with E-state index in [0.29, 0.717) is 18.1 Å². The van der Waals surface area contributed by atoms with Crippen molar-refractivity contribution in [2.75, 3.05) is 6.61 Å². The Morgan fingerprint density at radius 3 is 2.31 bits per heavy atom. The van der Waals surface area contributed by atoms with Crippen molar-refractivity contribution in [1.29, 1.82) is 0 Å². The Bertz CT molecular complexity index is 290. The van der Waals surface area contributed by atoms with Crippen LogP contribution in [0.2, 0.25) is 0 Å². The van der Waals surface area contributed by atoms with Crippen molar-refractivity contribution < 1.29 is 18.5 Å². The van der Waals surface area contributed by atoms with Crippen LogP contribution in [0.25, 0.3) is 0 Å². The molecular weight excluding hydrogens is 191 g/mol. The van der Waals surface area contributed by atoms with Gasteiger partial charge in [-0.2, -0.15) is 4.89 Å². The first-order valence-electron chi connectivity index (χ1n) is 3.98. The molecule has 0 amide bonds. The first kappa shape index (κ1) is 8.75. The topological polar surface area (TPSA) is 47.9 Å². The van der Waals surface area contributed by atoms with Crippen LogP contribution >= 0.6 is 8.17 Å². The summed E-state index contributed by atoms with van der Waals surface area (Å²) in [5, 5.41) is 0. The zero-order valence-electron chi connectivity index (χ0n) is 7.14. The Morgan fingerprint density at radius 1 is 1.31 bits per heavy atom. The average molecular weight is 201 g/mol. The van der Waals surface area contributed by atoms with Gasteiger partial charge in [-0.25, -0.2) is 0 Å². The summed E-state index contributed by atoms with van der Waals surface area (Å²) in [5.74, 6) is 1.07. The maximum absolute atomic E-state index is 9.66. The van der Waals surface area contributed by atoms with Crippen LogP contribution in [0.4, 0.5) is 0 Å². The molecule has 0 bridgehead atoms. The molecule has 70 valence electrons. The monoisotopic (exact) mass is 201 g/mol. The second-order valence-corrected chi connectivity index (χ2v) is 4.08. The average Bonchev–Trinajstić information content (AvgIpc) is 2.40. The first-order valence-corrected chi connectivity index (χ1v) is 5.47. The molecule has 1 heterocycles. The van der Waals surface area contributed by atoms with Crippen LogP contribution in [-0.4, -0.2) is 11.5 Å². The Morgan fingerprint density at radius 2 is 1.85 bits per heavy atom. The Balaban J connectivity index is 2.21. The van der Waals surface area contributed by atoms with Gasteiger partial charge in [-0.15, -0.1) is 4.52 Å². The highest BCUT2D eigenvalue weighted by molar-refractivity contribution is 7.56. The highest BCUT2D eigenvalue weighted by Gasteiger charge is 2.54. The van der Waals surface area contributed by atoms with Crippen LogP contribution in [0.3, 0.4) is 0 Å². The molecule has 1 N–H and O–H groups in total. The Kier molecular flexibility index (Phi) is 2.12. The van der Waals surface area contributed by atoms with Crippen molar-refractivity contribution >= 4 is 8.17 Å². The molecule has 0 aliphatic carbocycles. The summed E-state index contributed by atoms with van der Waals surface area (Å²) in [5.41, 5.74) is 0. The predicted octanol–water partition coefficient (Wildman–Crippen LogP) is 2.16. The van der Waals surface area contributed by atoms with Gasteiger partial charge < -0.3 is 0 Å². The van der Waals surface area contributed by atoms with Gasteiger partial charge in [0.05, 0.1) is 6.61 Å². The smallest absolute Gasteiger partial charge is 0.250 e. The largest absolute Gasteiger partial charge is 0.666 e. The lowest BCUT2D eigenvalue weighted by Crippen LogP contribution is -2.04. The first-order chi connectivity index (χ1) is 6.23. The summed E-state index contributed by atoms with van der Waals surface area (Å²) in [6.07, 6.45) is 0. The standard InChI is InChI=1S/C8H10O4P/c1-2-10-13(9)11-7-5-3-4-6-8(7)12-13/h3-6,9H,2H2,1H3/q+1. The van der Waals surface area contributed by atoms with Crippen LogP contribution in [0.1, 0.15) is 6.92 Å². The molecule has 5 heteroatoms. The van der Waals surface area contributed by atoms with Crippen molar-refractivity contribution in [2.24, 2.45) is 0 Å². The van der Waals surface area contributed by atoms with Gasteiger partial charge in [0.15, 0.2) is 0 Å². The van der Waals surface area contributed by atoms with Gasteiger partial charge in [0.2, 0.25) is 11.5 Å². The molecule has 1 aliphatic heterocycles. The molecular formula is C8H10O4P+. The third-order valence-corrected chi connectivity index (χ3v) is 3.01. The lowest BCUT2D eigenvalue weighted by atomic mass is 10.3. The lowest BCUT2D eigenvalue weighted by molar-refractivity contribution is 0.203. The van der Waals surface area contributed by atoms with E-state index >= 15 is 0 Å². The van der Waals surface area contributed by atoms with Crippen LogP contribution in [0.15, 0.2) is 24.3 Å². The SMILES string of the molecule is CCO[P+]1(O)Oc2ccccc2O1. The summed E-state index contributed by atoms with van der Waals surface area (Å²) >= 11 is 0. The minimum atomic E-state index is -3.10. The van der Waals surface area contributed by atoms with Crippen molar-refractivity contribution in [3.8, 4) is 11.5 Å². The quantitative estimate of drug-likeness (QED) is 0.745. The van der Waals surface area contributed by atoms with Gasteiger partial charge in [-0.3, -0.25) is 9.05 Å². The third kappa shape index (κ3) is 1.61. The van der Waals surface area contributed by atoms with E-state index in [-0.39, 0.29) is 0 Å². The molecule has 4 nitrogen and oxygen atoms in total. The molecule has 0 saturated carbocycles. The highest BCUT2D eigenvalue weighted by Crippen LogP contribution is 2.64. The normalized spacial score (nSPS) is 17.4. The second-order valence-electron chi connectivity index (χ2n) is 2.52. The Labute approximate surface area is 76.7 Å². The van der Waals surface area contributed by atoms with Crippen molar-refractivity contribution in [2.45, 2.75) is 6.92 Å². The number of fused-ring (bicyclic) bond motifs is 1. The van der Waals surface area contributed by atoms with E-state index in [2.05, 4.69) is 0 Å². The fourth-order valence-electron chi connectivity index (χ4n) is 1.08. The van der Waals surface area contributed by atoms with Gasteiger partial charge in [0.1, 0.15) is 0 Å². The van der Waals surface area contributed by atoms with E-state index in [0.717, 1.165) is 0 Å². The minimum absolute atomic E-state index is 0.359. The number of para-hydroxylation sites is 2. The summed E-state index contributed by atoms with van der Waals surface area (Å²) in [6, 6.07) is 7.08. The molecule has 0 aromatic heterocycles. The van der Waals surface area contributed by atoms with E-state index in [9.17, 15) is 4.89 Å². The molecule has 0 spiro atoms. The lowest BCUT2D eigenvalue weighted by Gasteiger charge is -2.04. The van der Waals surface area contributed by atoms with Crippen molar-refractivity contribution in [1.82, 2.24) is 0 Å². The molecule has 1 aromatic rings. The molecule has 1 aromatic carbocycles. The zero-order valence-corrected chi connectivity index (χ0v) is 8.03. The summed E-state index contributed by atoms with van der Waals surface area (Å²) in [6.45, 7) is 2.13. The minimum Gasteiger partial charge on any atom is -0.250 e. The van der Waals surface area contributed by atoms with Gasteiger partial charge in [0.25, 0.3) is 0 Å². The maximum Gasteiger partial charge on any atom is 0.666 e. The summed E-state index contributed by atoms with van der Waals surface area (Å²) < 4.78 is 15.3. The van der Waals surface area contributed by atoms with E-state index in [1.807, 2.05) is 12.1 Å². The number of hydrogen-bond donors (Lipinski definition) is 1. The summed E-state index contributed by atoms with van der Waals surface area (Å²) in [4.78, 5) is 9.66. The number of benzene rings is 1. The molecule has 0 radical (unpaired) electrons. The molecule has 0 atom stereocenters. The van der Waals surface area contributed by atoms with Gasteiger partial charge in [0, 0.05) is 0 Å². The summed E-state index contributed by atoms with van der Waals surface area (Å²) in [7, 11) is -3.10. The van der Waals surface area contributed by atoms with E-state index in [1.165, 1.54) is 0 Å². The van der Waals surface area contributed by atoms with Crippen LogP contribution < -0.4 is 9.05 Å². The van der Waals surface area contributed by atoms with Gasteiger partial charge in [-0.1, -0.05) is 12.1 Å². The van der Waals surface area contributed by atoms with E-state index < -0.39 is 8.17 Å². The molecule has 0 saturated heterocycles. The molecule has 2 rings (SSSR count). The molecule has 13 heavy (non-hydrogen) atoms. The maximum atomic E-state index is 9.66. The second kappa shape index (κ2) is 3.14. The number of hydrogen-bond acceptors (Lipinski definition) is 4. The van der Waals surface area contributed by atoms with Gasteiger partial charge in [-0.05, 0) is 19.1 Å². The number of rotatable bonds is 2. The predicted molar refractivity (Wildman–Crippen MR) is 48.5 cm³/mol. The van der Waals surface area contributed by atoms with Gasteiger partial charge >= 0.3 is 8.17 Å². The Hall–Kier alpha value is -0.830. The fraction of sp³-hybridized carbons (Fsp3) is 0.250. The molecule has 0 unspecified atom stereocenters. The molecule has 0 fully saturated rings. The molecule has 1 aliphatic rings. The van der Waals surface area contributed by atoms with E-state index in [4.69, 9.17) is 13.6 Å². The van der Waals surface area contributed by atoms with Crippen LogP contribution in [-0.2, 0) is 4.52 Å². The van der Waals surface area contributed by atoms with Crippen molar-refractivity contribution in [3.05, 3.63) is 24.3 Å². The third-order valence-electron chi connectivity index (χ3n) is 1.57. The highest BCUT2D eigenvalue weighted by atomic mass is 31.2.